The molecule has 1 atom stereocenters. The van der Waals surface area contributed by atoms with Crippen LogP contribution in [-0.4, -0.2) is 41.4 Å². The number of nitrogens with one attached hydrogen (secondary N) is 1. The number of carbonyl (C=O) groups excluding carboxylic acids is 1. The number of aryl methyl sites for hydroxylation is 1. The third kappa shape index (κ3) is 4.92. The van der Waals surface area contributed by atoms with E-state index in [1.54, 1.807) is 6.07 Å². The van der Waals surface area contributed by atoms with E-state index in [0.29, 0.717) is 4.68 Å². The van der Waals surface area contributed by atoms with Crippen molar-refractivity contribution >= 4 is 22.9 Å². The van der Waals surface area contributed by atoms with E-state index in [9.17, 15) is 31.1 Å². The Morgan fingerprint density at radius 1 is 1.00 bits per heavy atom. The minimum absolute atomic E-state index is 0.0343. The zero-order valence-corrected chi connectivity index (χ0v) is 20.4. The first-order valence-electron chi connectivity index (χ1n) is 11.5. The number of halogens is 6. The molecule has 0 bridgehead atoms. The molecule has 4 aromatic heterocycles. The van der Waals surface area contributed by atoms with Crippen LogP contribution in [0.1, 0.15) is 33.2 Å². The number of hydrogen-bond acceptors (Lipinski definition) is 6. The molecule has 0 saturated carbocycles. The van der Waals surface area contributed by atoms with E-state index in [1.807, 2.05) is 0 Å². The van der Waals surface area contributed by atoms with Gasteiger partial charge in [0, 0.05) is 18.0 Å². The number of benzene rings is 1. The summed E-state index contributed by atoms with van der Waals surface area (Å²) in [5.41, 5.74) is 4.31. The lowest BCUT2D eigenvalue weighted by Crippen LogP contribution is -2.28. The van der Waals surface area contributed by atoms with E-state index in [2.05, 4.69) is 25.5 Å². The van der Waals surface area contributed by atoms with Gasteiger partial charge in [-0.25, -0.2) is 9.50 Å². The monoisotopic (exact) mass is 560 g/mol. The third-order valence-electron chi connectivity index (χ3n) is 6.06. The highest BCUT2D eigenvalue weighted by Gasteiger charge is 2.43. The van der Waals surface area contributed by atoms with Crippen molar-refractivity contribution in [1.82, 2.24) is 29.4 Å². The summed E-state index contributed by atoms with van der Waals surface area (Å²) < 4.78 is 84.3. The number of alkyl halides is 6. The number of rotatable bonds is 5. The SMILES string of the molecule is Cc1ncc(-c2cc(C(F)(F)F)c3c(N)ncnn23)cc1C(=O)Nc1cnn(C(c2ccccc2)C(F)(F)F)c1. The van der Waals surface area contributed by atoms with Crippen LogP contribution in [0.4, 0.5) is 37.8 Å². The van der Waals surface area contributed by atoms with Crippen molar-refractivity contribution in [2.45, 2.75) is 25.3 Å². The van der Waals surface area contributed by atoms with Crippen LogP contribution in [-0.2, 0) is 6.18 Å². The maximum Gasteiger partial charge on any atom is 0.418 e. The Morgan fingerprint density at radius 3 is 2.40 bits per heavy atom. The van der Waals surface area contributed by atoms with Gasteiger partial charge >= 0.3 is 12.4 Å². The van der Waals surface area contributed by atoms with Crippen LogP contribution in [0, 0.1) is 6.92 Å². The molecule has 5 rings (SSSR count). The first-order chi connectivity index (χ1) is 18.8. The summed E-state index contributed by atoms with van der Waals surface area (Å²) >= 11 is 0. The van der Waals surface area contributed by atoms with Crippen LogP contribution < -0.4 is 11.1 Å². The van der Waals surface area contributed by atoms with E-state index in [-0.39, 0.29) is 33.8 Å². The molecule has 206 valence electrons. The molecule has 15 heteroatoms. The summed E-state index contributed by atoms with van der Waals surface area (Å²) in [5.74, 6) is -1.16. The van der Waals surface area contributed by atoms with E-state index < -0.39 is 41.2 Å². The van der Waals surface area contributed by atoms with Crippen LogP contribution in [0.3, 0.4) is 0 Å². The second-order valence-electron chi connectivity index (χ2n) is 8.72. The fourth-order valence-electron chi connectivity index (χ4n) is 4.26. The minimum Gasteiger partial charge on any atom is -0.382 e. The Bertz CT molecular complexity index is 1710. The smallest absolute Gasteiger partial charge is 0.382 e. The highest BCUT2D eigenvalue weighted by atomic mass is 19.4. The standard InChI is InChI=1S/C25H18F6N8O/c1-13-17(7-15(9-33-13)19-8-18(24(26,27)28)20-22(32)34-12-36-39(19)20)23(40)37-16-10-35-38(11-16)21(25(29,30)31)14-5-3-2-4-6-14/h2-12,21H,1H3,(H,37,40)(H2,32,34,36). The Hall–Kier alpha value is -4.95. The van der Waals surface area contributed by atoms with Crippen molar-refractivity contribution in [3.63, 3.8) is 0 Å². The molecule has 0 fully saturated rings. The van der Waals surface area contributed by atoms with E-state index in [0.717, 1.165) is 29.3 Å². The largest absolute Gasteiger partial charge is 0.418 e. The van der Waals surface area contributed by atoms with Crippen LogP contribution in [0.15, 0.2) is 67.4 Å². The molecular formula is C25H18F6N8O. The molecule has 3 N–H and O–H groups in total. The van der Waals surface area contributed by atoms with Gasteiger partial charge in [-0.15, -0.1) is 0 Å². The predicted molar refractivity (Wildman–Crippen MR) is 131 cm³/mol. The van der Waals surface area contributed by atoms with Crippen molar-refractivity contribution in [3.8, 4) is 11.3 Å². The fourth-order valence-corrected chi connectivity index (χ4v) is 4.26. The molecule has 1 amide bonds. The van der Waals surface area contributed by atoms with Crippen molar-refractivity contribution in [1.29, 1.82) is 0 Å². The molecule has 0 aliphatic rings. The molecule has 0 aliphatic carbocycles. The molecule has 40 heavy (non-hydrogen) atoms. The Kier molecular flexibility index (Phi) is 6.44. The van der Waals surface area contributed by atoms with Gasteiger partial charge in [-0.1, -0.05) is 30.3 Å². The highest BCUT2D eigenvalue weighted by Crippen LogP contribution is 2.39. The van der Waals surface area contributed by atoms with Gasteiger partial charge in [0.2, 0.25) is 0 Å². The number of aromatic nitrogens is 6. The van der Waals surface area contributed by atoms with Crippen LogP contribution >= 0.6 is 0 Å². The maximum absolute atomic E-state index is 13.9. The summed E-state index contributed by atoms with van der Waals surface area (Å²) in [6.07, 6.45) is -5.10. The predicted octanol–water partition coefficient (Wildman–Crippen LogP) is 5.30. The van der Waals surface area contributed by atoms with Crippen LogP contribution in [0.2, 0.25) is 0 Å². The van der Waals surface area contributed by atoms with E-state index in [1.165, 1.54) is 43.5 Å². The summed E-state index contributed by atoms with van der Waals surface area (Å²) in [6.45, 7) is 1.49. The Balaban J connectivity index is 1.48. The van der Waals surface area contributed by atoms with Gasteiger partial charge in [0.1, 0.15) is 11.8 Å². The summed E-state index contributed by atoms with van der Waals surface area (Å²) in [5, 5.41) is 10.1. The molecule has 1 aromatic carbocycles. The number of fused-ring (bicyclic) bond motifs is 1. The topological polar surface area (TPSA) is 116 Å². The number of pyridine rings is 1. The van der Waals surface area contributed by atoms with Crippen molar-refractivity contribution in [3.05, 3.63) is 89.8 Å². The van der Waals surface area contributed by atoms with Gasteiger partial charge in [0.15, 0.2) is 11.9 Å². The third-order valence-corrected chi connectivity index (χ3v) is 6.06. The van der Waals surface area contributed by atoms with Gasteiger partial charge in [-0.2, -0.15) is 36.5 Å². The highest BCUT2D eigenvalue weighted by molar-refractivity contribution is 6.05. The van der Waals surface area contributed by atoms with Gasteiger partial charge in [-0.3, -0.25) is 14.5 Å². The first-order valence-corrected chi connectivity index (χ1v) is 11.5. The molecule has 4 heterocycles. The second-order valence-corrected chi connectivity index (χ2v) is 8.72. The number of nitrogens with two attached hydrogens (primary N) is 1. The number of carbonyl (C=O) groups is 1. The molecule has 9 nitrogen and oxygen atoms in total. The normalized spacial score (nSPS) is 13.0. The van der Waals surface area contributed by atoms with Crippen molar-refractivity contribution in [2.75, 3.05) is 11.1 Å². The van der Waals surface area contributed by atoms with Gasteiger partial charge in [0.05, 0.1) is 34.4 Å². The van der Waals surface area contributed by atoms with E-state index >= 15 is 0 Å². The number of amides is 1. The lowest BCUT2D eigenvalue weighted by atomic mass is 10.1. The molecule has 0 spiro atoms. The number of hydrogen-bond donors (Lipinski definition) is 2. The summed E-state index contributed by atoms with van der Waals surface area (Å²) in [6, 6.07) is 7.16. The van der Waals surface area contributed by atoms with E-state index in [4.69, 9.17) is 5.73 Å². The number of anilines is 2. The number of nitrogen functional groups attached to an aromatic ring is 1. The van der Waals surface area contributed by atoms with Crippen molar-refractivity contribution in [2.24, 2.45) is 0 Å². The van der Waals surface area contributed by atoms with Gasteiger partial charge in [-0.05, 0) is 24.6 Å². The first kappa shape index (κ1) is 26.6. The van der Waals surface area contributed by atoms with Crippen LogP contribution in [0.5, 0.6) is 0 Å². The van der Waals surface area contributed by atoms with Crippen molar-refractivity contribution < 1.29 is 31.1 Å². The second kappa shape index (κ2) is 9.66. The quantitative estimate of drug-likeness (QED) is 0.282. The minimum atomic E-state index is -4.77. The Labute approximate surface area is 221 Å². The fraction of sp³-hybridized carbons (Fsp3) is 0.160. The average molecular weight is 560 g/mol. The molecule has 5 aromatic rings. The van der Waals surface area contributed by atoms with Crippen LogP contribution in [0.25, 0.3) is 16.8 Å². The molecule has 0 radical (unpaired) electrons. The molecule has 1 unspecified atom stereocenters. The zero-order valence-electron chi connectivity index (χ0n) is 20.4. The average Bonchev–Trinajstić information content (AvgIpc) is 3.50. The van der Waals surface area contributed by atoms with Gasteiger partial charge in [0.25, 0.3) is 5.91 Å². The van der Waals surface area contributed by atoms with Gasteiger partial charge < -0.3 is 11.1 Å². The lowest BCUT2D eigenvalue weighted by Gasteiger charge is -2.21. The summed E-state index contributed by atoms with van der Waals surface area (Å²) in [4.78, 5) is 20.9. The number of nitrogens with zero attached hydrogens (tertiary/aromatic N) is 6. The molecule has 0 aliphatic heterocycles. The lowest BCUT2D eigenvalue weighted by molar-refractivity contribution is -0.159. The maximum atomic E-state index is 13.9. The Morgan fingerprint density at radius 2 is 1.73 bits per heavy atom. The summed E-state index contributed by atoms with van der Waals surface area (Å²) in [7, 11) is 0. The zero-order chi connectivity index (χ0) is 28.8. The molecule has 0 saturated heterocycles. The molecular weight excluding hydrogens is 542 g/mol.